The first-order valence-electron chi connectivity index (χ1n) is 3.85. The molecule has 0 saturated heterocycles. The van der Waals surface area contributed by atoms with E-state index in [4.69, 9.17) is 29.1 Å². The highest BCUT2D eigenvalue weighted by Crippen LogP contribution is 2.22. The third-order valence-electron chi connectivity index (χ3n) is 1.57. The van der Waals surface area contributed by atoms with Gasteiger partial charge in [-0.1, -0.05) is 11.6 Å². The molecule has 0 aromatic heterocycles. The molecule has 0 spiro atoms. The van der Waals surface area contributed by atoms with Crippen LogP contribution in [0.1, 0.15) is 5.56 Å². The van der Waals surface area contributed by atoms with Crippen molar-refractivity contribution >= 4 is 34.6 Å². The van der Waals surface area contributed by atoms with Gasteiger partial charge >= 0.3 is 0 Å². The van der Waals surface area contributed by atoms with E-state index in [9.17, 15) is 0 Å². The van der Waals surface area contributed by atoms with Crippen molar-refractivity contribution in [2.45, 2.75) is 0 Å². The lowest BCUT2D eigenvalue weighted by molar-refractivity contribution is 1.20. The maximum Gasteiger partial charge on any atom is 0.170 e. The molecule has 0 unspecified atom stereocenters. The predicted molar refractivity (Wildman–Crippen MR) is 61.4 cm³/mol. The zero-order valence-electron chi connectivity index (χ0n) is 7.47. The van der Waals surface area contributed by atoms with Crippen molar-refractivity contribution in [3.8, 4) is 6.07 Å². The number of nitrogens with zero attached hydrogens (tertiary/aromatic N) is 1. The molecule has 0 fully saturated rings. The molecular weight excluding hydrogens is 218 g/mol. The fourth-order valence-corrected chi connectivity index (χ4v) is 1.21. The quantitative estimate of drug-likeness (QED) is 0.719. The maximum absolute atomic E-state index is 8.61. The fraction of sp³-hybridized carbons (Fsp3) is 0.111. The number of anilines is 1. The van der Waals surface area contributed by atoms with Crippen LogP contribution in [0.25, 0.3) is 0 Å². The van der Waals surface area contributed by atoms with Crippen LogP contribution in [0.2, 0.25) is 5.02 Å². The van der Waals surface area contributed by atoms with Crippen molar-refractivity contribution in [1.29, 1.82) is 5.26 Å². The lowest BCUT2D eigenvalue weighted by atomic mass is 10.2. The lowest BCUT2D eigenvalue weighted by Crippen LogP contribution is -2.24. The normalized spacial score (nSPS) is 8.93. The second kappa shape index (κ2) is 4.80. The molecule has 2 N–H and O–H groups in total. The summed E-state index contributed by atoms with van der Waals surface area (Å²) in [4.78, 5) is 0. The second-order valence-corrected chi connectivity index (χ2v) is 3.33. The highest BCUT2D eigenvalue weighted by atomic mass is 35.5. The molecule has 0 saturated carbocycles. The summed E-state index contributed by atoms with van der Waals surface area (Å²) >= 11 is 10.8. The number of halogens is 1. The molecule has 0 heterocycles. The van der Waals surface area contributed by atoms with Crippen LogP contribution < -0.4 is 10.6 Å². The molecule has 5 heteroatoms. The summed E-state index contributed by atoms with van der Waals surface area (Å²) in [5.41, 5.74) is 1.21. The Balaban J connectivity index is 2.90. The third-order valence-corrected chi connectivity index (χ3v) is 2.19. The van der Waals surface area contributed by atoms with Gasteiger partial charge in [-0.25, -0.2) is 0 Å². The van der Waals surface area contributed by atoms with Crippen molar-refractivity contribution in [1.82, 2.24) is 5.32 Å². The Morgan fingerprint density at radius 1 is 1.57 bits per heavy atom. The van der Waals surface area contributed by atoms with E-state index < -0.39 is 0 Å². The molecular formula is C9H8ClN3S. The number of nitrogens with one attached hydrogen (secondary N) is 2. The van der Waals surface area contributed by atoms with Gasteiger partial charge in [0.2, 0.25) is 0 Å². The Bertz CT molecular complexity index is 398. The molecule has 1 rings (SSSR count). The lowest BCUT2D eigenvalue weighted by Gasteiger charge is -2.08. The number of nitriles is 1. The Morgan fingerprint density at radius 3 is 2.79 bits per heavy atom. The first-order valence-corrected chi connectivity index (χ1v) is 4.64. The van der Waals surface area contributed by atoms with E-state index in [1.807, 2.05) is 6.07 Å². The van der Waals surface area contributed by atoms with Gasteiger partial charge in [-0.05, 0) is 30.4 Å². The molecule has 1 aromatic rings. The predicted octanol–water partition coefficient (Wildman–Crippen LogP) is 2.13. The first kappa shape index (κ1) is 10.8. The number of benzene rings is 1. The number of rotatable bonds is 1. The largest absolute Gasteiger partial charge is 0.366 e. The van der Waals surface area contributed by atoms with Crippen LogP contribution in [0.4, 0.5) is 5.69 Å². The molecule has 0 radical (unpaired) electrons. The molecule has 14 heavy (non-hydrogen) atoms. The topological polar surface area (TPSA) is 47.8 Å². The summed E-state index contributed by atoms with van der Waals surface area (Å²) in [6, 6.07) is 6.97. The Hall–Kier alpha value is -1.31. The summed E-state index contributed by atoms with van der Waals surface area (Å²) < 4.78 is 0. The minimum absolute atomic E-state index is 0.474. The van der Waals surface area contributed by atoms with Gasteiger partial charge in [-0.15, -0.1) is 0 Å². The number of hydrogen-bond acceptors (Lipinski definition) is 2. The highest BCUT2D eigenvalue weighted by Gasteiger charge is 2.02. The van der Waals surface area contributed by atoms with Crippen molar-refractivity contribution in [2.24, 2.45) is 0 Å². The van der Waals surface area contributed by atoms with E-state index in [0.29, 0.717) is 21.4 Å². The van der Waals surface area contributed by atoms with Crippen molar-refractivity contribution in [3.05, 3.63) is 28.8 Å². The molecule has 0 amide bonds. The van der Waals surface area contributed by atoms with Crippen LogP contribution in [0.15, 0.2) is 18.2 Å². The van der Waals surface area contributed by atoms with E-state index in [2.05, 4.69) is 10.6 Å². The van der Waals surface area contributed by atoms with E-state index >= 15 is 0 Å². The molecule has 0 aliphatic heterocycles. The van der Waals surface area contributed by atoms with Gasteiger partial charge in [-0.2, -0.15) is 5.26 Å². The SMILES string of the molecule is CNC(=S)Nc1ccc(C#N)cc1Cl. The zero-order valence-corrected chi connectivity index (χ0v) is 9.04. The average Bonchev–Trinajstić information content (AvgIpc) is 2.20. The van der Waals surface area contributed by atoms with Crippen molar-refractivity contribution in [2.75, 3.05) is 12.4 Å². The summed E-state index contributed by atoms with van der Waals surface area (Å²) in [5.74, 6) is 0. The standard InChI is InChI=1S/C9H8ClN3S/c1-12-9(14)13-8-3-2-6(5-11)4-7(8)10/h2-4H,1H3,(H2,12,13,14). The second-order valence-electron chi connectivity index (χ2n) is 2.51. The van der Waals surface area contributed by atoms with E-state index in [0.717, 1.165) is 0 Å². The molecule has 3 nitrogen and oxygen atoms in total. The molecule has 0 aliphatic rings. The minimum atomic E-state index is 0.474. The monoisotopic (exact) mass is 225 g/mol. The smallest absolute Gasteiger partial charge is 0.170 e. The van der Waals surface area contributed by atoms with Gasteiger partial charge in [0.05, 0.1) is 22.3 Å². The van der Waals surface area contributed by atoms with Gasteiger partial charge in [0.25, 0.3) is 0 Å². The van der Waals surface area contributed by atoms with E-state index in [1.165, 1.54) is 0 Å². The maximum atomic E-state index is 8.61. The van der Waals surface area contributed by atoms with Gasteiger partial charge in [0.15, 0.2) is 5.11 Å². The zero-order chi connectivity index (χ0) is 10.6. The van der Waals surface area contributed by atoms with Gasteiger partial charge in [-0.3, -0.25) is 0 Å². The van der Waals surface area contributed by atoms with E-state index in [1.54, 1.807) is 25.2 Å². The van der Waals surface area contributed by atoms with Crippen LogP contribution in [-0.2, 0) is 0 Å². The fourth-order valence-electron chi connectivity index (χ4n) is 0.871. The van der Waals surface area contributed by atoms with Gasteiger partial charge < -0.3 is 10.6 Å². The van der Waals surface area contributed by atoms with Crippen LogP contribution in [0.5, 0.6) is 0 Å². The molecule has 0 aliphatic carbocycles. The van der Waals surface area contributed by atoms with Crippen molar-refractivity contribution in [3.63, 3.8) is 0 Å². The molecule has 0 bridgehead atoms. The summed E-state index contributed by atoms with van der Waals surface area (Å²) in [7, 11) is 1.72. The van der Waals surface area contributed by atoms with Gasteiger partial charge in [0.1, 0.15) is 0 Å². The van der Waals surface area contributed by atoms with Crippen LogP contribution in [-0.4, -0.2) is 12.2 Å². The Morgan fingerprint density at radius 2 is 2.29 bits per heavy atom. The molecule has 0 atom stereocenters. The van der Waals surface area contributed by atoms with Crippen LogP contribution in [0, 0.1) is 11.3 Å². The number of hydrogen-bond donors (Lipinski definition) is 2. The summed E-state index contributed by atoms with van der Waals surface area (Å²) in [6.07, 6.45) is 0. The number of thiocarbonyl (C=S) groups is 1. The van der Waals surface area contributed by atoms with Crippen LogP contribution in [0.3, 0.4) is 0 Å². The third kappa shape index (κ3) is 2.59. The van der Waals surface area contributed by atoms with Crippen LogP contribution >= 0.6 is 23.8 Å². The van der Waals surface area contributed by atoms with Crippen molar-refractivity contribution < 1.29 is 0 Å². The summed E-state index contributed by atoms with van der Waals surface area (Å²) in [6.45, 7) is 0. The Kier molecular flexibility index (Phi) is 3.69. The van der Waals surface area contributed by atoms with E-state index in [-0.39, 0.29) is 0 Å². The summed E-state index contributed by atoms with van der Waals surface area (Å²) in [5, 5.41) is 15.2. The first-order chi connectivity index (χ1) is 6.67. The van der Waals surface area contributed by atoms with Gasteiger partial charge in [0, 0.05) is 7.05 Å². The highest BCUT2D eigenvalue weighted by molar-refractivity contribution is 7.80. The minimum Gasteiger partial charge on any atom is -0.366 e. The average molecular weight is 226 g/mol. The molecule has 72 valence electrons. The Labute approximate surface area is 92.7 Å². The molecule has 1 aromatic carbocycles.